The number of rotatable bonds is 3. The molecule has 3 rings (SSSR count). The number of nitriles is 1. The van der Waals surface area contributed by atoms with Crippen molar-refractivity contribution < 1.29 is 22.0 Å². The zero-order valence-electron chi connectivity index (χ0n) is 14.4. The molecule has 142 valence electrons. The molecule has 1 aromatic heterocycles. The van der Waals surface area contributed by atoms with Crippen LogP contribution in [-0.2, 0) is 6.18 Å². The van der Waals surface area contributed by atoms with E-state index in [1.54, 1.807) is 0 Å². The first-order valence-corrected chi connectivity index (χ1v) is 8.00. The fourth-order valence-electron chi connectivity index (χ4n) is 2.62. The van der Waals surface area contributed by atoms with Gasteiger partial charge < -0.3 is 0 Å². The van der Waals surface area contributed by atoms with Gasteiger partial charge in [0.05, 0.1) is 23.0 Å². The van der Waals surface area contributed by atoms with Crippen molar-refractivity contribution in [3.8, 4) is 11.8 Å². The maximum atomic E-state index is 13.4. The van der Waals surface area contributed by atoms with E-state index in [4.69, 9.17) is 0 Å². The van der Waals surface area contributed by atoms with Gasteiger partial charge in [0.15, 0.2) is 11.6 Å². The van der Waals surface area contributed by atoms with Crippen LogP contribution in [0.5, 0.6) is 0 Å². The van der Waals surface area contributed by atoms with Crippen LogP contribution in [0.1, 0.15) is 22.5 Å². The molecule has 0 bridgehead atoms. The lowest BCUT2D eigenvalue weighted by Gasteiger charge is -2.10. The Labute approximate surface area is 157 Å². The van der Waals surface area contributed by atoms with Crippen LogP contribution in [0.25, 0.3) is 17.3 Å². The van der Waals surface area contributed by atoms with Crippen molar-refractivity contribution in [2.45, 2.75) is 13.1 Å². The highest BCUT2D eigenvalue weighted by Crippen LogP contribution is 2.31. The average Bonchev–Trinajstić information content (AvgIpc) is 3.05. The molecular formula is C20H12F5N3. The number of aromatic nitrogens is 2. The van der Waals surface area contributed by atoms with Crippen LogP contribution in [-0.4, -0.2) is 9.78 Å². The Morgan fingerprint density at radius 3 is 2.29 bits per heavy atom. The van der Waals surface area contributed by atoms with Crippen molar-refractivity contribution in [2.75, 3.05) is 0 Å². The Morgan fingerprint density at radius 1 is 1.04 bits per heavy atom. The third-order valence-corrected chi connectivity index (χ3v) is 3.92. The third-order valence-electron chi connectivity index (χ3n) is 3.92. The molecule has 0 atom stereocenters. The summed E-state index contributed by atoms with van der Waals surface area (Å²) >= 11 is 0. The predicted octanol–water partition coefficient (Wildman–Crippen LogP) is 5.54. The van der Waals surface area contributed by atoms with E-state index in [1.165, 1.54) is 43.3 Å². The second-order valence-electron chi connectivity index (χ2n) is 5.97. The lowest BCUT2D eigenvalue weighted by atomic mass is 10.0. The zero-order chi connectivity index (χ0) is 20.5. The fourth-order valence-corrected chi connectivity index (χ4v) is 2.62. The summed E-state index contributed by atoms with van der Waals surface area (Å²) < 4.78 is 66.6. The molecule has 1 heterocycles. The van der Waals surface area contributed by atoms with Crippen LogP contribution in [0, 0.1) is 29.9 Å². The molecule has 0 saturated heterocycles. The molecule has 8 heteroatoms. The Kier molecular flexibility index (Phi) is 5.01. The van der Waals surface area contributed by atoms with Gasteiger partial charge in [-0.15, -0.1) is 0 Å². The van der Waals surface area contributed by atoms with Crippen molar-refractivity contribution in [1.29, 1.82) is 5.26 Å². The van der Waals surface area contributed by atoms with Crippen LogP contribution >= 0.6 is 0 Å². The summed E-state index contributed by atoms with van der Waals surface area (Å²) in [6.45, 7) is 1.46. The summed E-state index contributed by atoms with van der Waals surface area (Å²) in [5, 5.41) is 13.2. The summed E-state index contributed by atoms with van der Waals surface area (Å²) in [5.74, 6) is -2.11. The first kappa shape index (κ1) is 19.3. The number of benzene rings is 2. The van der Waals surface area contributed by atoms with Gasteiger partial charge >= 0.3 is 6.18 Å². The van der Waals surface area contributed by atoms with Crippen LogP contribution in [0.2, 0.25) is 0 Å². The molecule has 3 aromatic rings. The maximum absolute atomic E-state index is 13.4. The number of halogens is 5. The van der Waals surface area contributed by atoms with Crippen LogP contribution < -0.4 is 0 Å². The topological polar surface area (TPSA) is 41.6 Å². The SMILES string of the molecule is Cc1cc(C(F)(F)F)n(-c2ccc(C=C(C#N)c3ccc(F)c(F)c3)cc2)n1. The Bertz CT molecular complexity index is 1090. The monoisotopic (exact) mass is 389 g/mol. The van der Waals surface area contributed by atoms with Crippen molar-refractivity contribution in [2.24, 2.45) is 0 Å². The van der Waals surface area contributed by atoms with Crippen LogP contribution in [0.3, 0.4) is 0 Å². The third kappa shape index (κ3) is 3.93. The van der Waals surface area contributed by atoms with E-state index in [0.29, 0.717) is 5.56 Å². The summed E-state index contributed by atoms with van der Waals surface area (Å²) in [6.07, 6.45) is -3.13. The lowest BCUT2D eigenvalue weighted by Crippen LogP contribution is -2.13. The molecule has 28 heavy (non-hydrogen) atoms. The maximum Gasteiger partial charge on any atom is 0.433 e. The standard InChI is InChI=1S/C20H12F5N3/c1-12-8-19(20(23,24)25)28(27-12)16-5-2-13(3-6-16)9-15(11-26)14-4-7-17(21)18(22)10-14/h2-10H,1H3. The Balaban J connectivity index is 1.96. The van der Waals surface area contributed by atoms with Crippen LogP contribution in [0.4, 0.5) is 22.0 Å². The van der Waals surface area contributed by atoms with E-state index in [-0.39, 0.29) is 22.5 Å². The number of aryl methyl sites for hydroxylation is 1. The van der Waals surface area contributed by atoms with Crippen molar-refractivity contribution in [1.82, 2.24) is 9.78 Å². The van der Waals surface area contributed by atoms with Gasteiger partial charge in [-0.3, -0.25) is 0 Å². The molecule has 0 N–H and O–H groups in total. The quantitative estimate of drug-likeness (QED) is 0.335. The number of hydrogen-bond acceptors (Lipinski definition) is 2. The van der Waals surface area contributed by atoms with Crippen molar-refractivity contribution in [3.05, 3.63) is 82.7 Å². The lowest BCUT2D eigenvalue weighted by molar-refractivity contribution is -0.142. The second kappa shape index (κ2) is 7.27. The number of hydrogen-bond donors (Lipinski definition) is 0. The van der Waals surface area contributed by atoms with Gasteiger partial charge in [-0.25, -0.2) is 13.5 Å². The predicted molar refractivity (Wildman–Crippen MR) is 93.1 cm³/mol. The van der Waals surface area contributed by atoms with Crippen molar-refractivity contribution >= 4 is 11.6 Å². The van der Waals surface area contributed by atoms with Crippen molar-refractivity contribution in [3.63, 3.8) is 0 Å². The molecule has 0 amide bonds. The van der Waals surface area contributed by atoms with Gasteiger partial charge in [-0.1, -0.05) is 18.2 Å². The summed E-state index contributed by atoms with van der Waals surface area (Å²) in [7, 11) is 0. The molecule has 0 aliphatic rings. The van der Waals surface area contributed by atoms with E-state index in [0.717, 1.165) is 22.9 Å². The van der Waals surface area contributed by atoms with Gasteiger partial charge in [0, 0.05) is 0 Å². The fraction of sp³-hybridized carbons (Fsp3) is 0.100. The normalized spacial score (nSPS) is 12.1. The molecule has 0 aliphatic heterocycles. The Hall–Kier alpha value is -3.47. The van der Waals surface area contributed by atoms with E-state index in [9.17, 15) is 27.2 Å². The van der Waals surface area contributed by atoms with Crippen LogP contribution in [0.15, 0.2) is 48.5 Å². The Morgan fingerprint density at radius 2 is 1.71 bits per heavy atom. The highest BCUT2D eigenvalue weighted by atomic mass is 19.4. The summed E-state index contributed by atoms with van der Waals surface area (Å²) in [4.78, 5) is 0. The molecule has 0 spiro atoms. The highest BCUT2D eigenvalue weighted by molar-refractivity contribution is 5.89. The molecule has 2 aromatic carbocycles. The molecule has 0 unspecified atom stereocenters. The molecule has 0 saturated carbocycles. The number of allylic oxidation sites excluding steroid dienone is 1. The minimum absolute atomic E-state index is 0.0811. The summed E-state index contributed by atoms with van der Waals surface area (Å²) in [6, 6.07) is 11.8. The largest absolute Gasteiger partial charge is 0.433 e. The smallest absolute Gasteiger partial charge is 0.228 e. The average molecular weight is 389 g/mol. The molecular weight excluding hydrogens is 377 g/mol. The first-order valence-electron chi connectivity index (χ1n) is 8.00. The first-order chi connectivity index (χ1) is 13.2. The van der Waals surface area contributed by atoms with Gasteiger partial charge in [-0.2, -0.15) is 23.5 Å². The van der Waals surface area contributed by atoms with E-state index >= 15 is 0 Å². The zero-order valence-corrected chi connectivity index (χ0v) is 14.4. The van der Waals surface area contributed by atoms with Gasteiger partial charge in [0.2, 0.25) is 0 Å². The molecule has 0 radical (unpaired) electrons. The van der Waals surface area contributed by atoms with E-state index in [2.05, 4.69) is 5.10 Å². The highest BCUT2D eigenvalue weighted by Gasteiger charge is 2.35. The number of alkyl halides is 3. The number of nitrogens with zero attached hydrogens (tertiary/aromatic N) is 3. The van der Waals surface area contributed by atoms with Gasteiger partial charge in [0.25, 0.3) is 0 Å². The van der Waals surface area contributed by atoms with Gasteiger partial charge in [-0.05, 0) is 54.5 Å². The molecule has 0 fully saturated rings. The summed E-state index contributed by atoms with van der Waals surface area (Å²) in [5.41, 5.74) is 0.297. The van der Waals surface area contributed by atoms with E-state index in [1.807, 2.05) is 6.07 Å². The second-order valence-corrected chi connectivity index (χ2v) is 5.97. The molecule has 0 aliphatic carbocycles. The van der Waals surface area contributed by atoms with E-state index < -0.39 is 23.5 Å². The minimum Gasteiger partial charge on any atom is -0.228 e. The minimum atomic E-state index is -4.56. The molecule has 3 nitrogen and oxygen atoms in total. The van der Waals surface area contributed by atoms with Gasteiger partial charge in [0.1, 0.15) is 5.69 Å².